The maximum atomic E-state index is 12.0. The summed E-state index contributed by atoms with van der Waals surface area (Å²) in [5, 5.41) is 2.50. The van der Waals surface area contributed by atoms with Crippen LogP contribution in [-0.4, -0.2) is 28.2 Å². The van der Waals surface area contributed by atoms with Crippen molar-refractivity contribution < 1.29 is 9.59 Å². The number of aromatic amines is 1. The Bertz CT molecular complexity index is 749. The number of nitrogens with zero attached hydrogens (tertiary/aromatic N) is 1. The van der Waals surface area contributed by atoms with Gasteiger partial charge in [0.1, 0.15) is 5.92 Å². The van der Waals surface area contributed by atoms with Gasteiger partial charge in [-0.1, -0.05) is 0 Å². The lowest BCUT2D eigenvalue weighted by Crippen LogP contribution is -2.33. The molecule has 2 amide bonds. The minimum atomic E-state index is -0.724. The Labute approximate surface area is 118 Å². The van der Waals surface area contributed by atoms with Gasteiger partial charge in [-0.25, -0.2) is 0 Å². The van der Waals surface area contributed by atoms with Crippen LogP contribution in [0.5, 0.6) is 0 Å². The first kappa shape index (κ1) is 12.9. The number of carbonyl (C=O) groups is 2. The Balaban J connectivity index is 1.90. The van der Waals surface area contributed by atoms with E-state index in [9.17, 15) is 14.4 Å². The van der Waals surface area contributed by atoms with Crippen molar-refractivity contribution in [2.75, 3.05) is 6.54 Å². The van der Waals surface area contributed by atoms with Crippen molar-refractivity contribution in [3.05, 3.63) is 33.6 Å². The summed E-state index contributed by atoms with van der Waals surface area (Å²) in [7, 11) is 0. The van der Waals surface area contributed by atoms with Crippen LogP contribution in [0.1, 0.15) is 12.0 Å². The number of primary amides is 1. The summed E-state index contributed by atoms with van der Waals surface area (Å²) >= 11 is 1.47. The van der Waals surface area contributed by atoms with Gasteiger partial charge in [-0.2, -0.15) is 0 Å². The van der Waals surface area contributed by atoms with Crippen molar-refractivity contribution in [1.82, 2.24) is 9.88 Å². The molecule has 2 aromatic heterocycles. The Kier molecular flexibility index (Phi) is 3.06. The maximum Gasteiger partial charge on any atom is 0.257 e. The molecule has 1 saturated heterocycles. The average Bonchev–Trinajstić information content (AvgIpc) is 2.96. The van der Waals surface area contributed by atoms with Gasteiger partial charge < -0.3 is 15.6 Å². The number of nitrogens with one attached hydrogen (secondary N) is 1. The third kappa shape index (κ3) is 2.00. The lowest BCUT2D eigenvalue weighted by molar-refractivity contribution is -0.136. The van der Waals surface area contributed by atoms with Crippen molar-refractivity contribution >= 4 is 33.2 Å². The summed E-state index contributed by atoms with van der Waals surface area (Å²) in [4.78, 5) is 39.3. The summed E-state index contributed by atoms with van der Waals surface area (Å²) in [5.41, 5.74) is 5.85. The van der Waals surface area contributed by atoms with E-state index in [2.05, 4.69) is 4.98 Å². The molecule has 0 spiro atoms. The molecule has 0 aromatic carbocycles. The number of carbonyl (C=O) groups excluding carboxylic acids is 2. The molecule has 3 N–H and O–H groups in total. The summed E-state index contributed by atoms with van der Waals surface area (Å²) < 4.78 is 0.891. The molecule has 1 aliphatic heterocycles. The summed E-state index contributed by atoms with van der Waals surface area (Å²) in [6, 6.07) is 1.84. The van der Waals surface area contributed by atoms with Gasteiger partial charge in [-0.05, 0) is 23.4 Å². The highest BCUT2D eigenvalue weighted by Crippen LogP contribution is 2.26. The van der Waals surface area contributed by atoms with Crippen LogP contribution in [0.15, 0.2) is 22.4 Å². The van der Waals surface area contributed by atoms with Crippen LogP contribution in [0.4, 0.5) is 0 Å². The van der Waals surface area contributed by atoms with Gasteiger partial charge in [0.25, 0.3) is 5.56 Å². The second kappa shape index (κ2) is 4.75. The van der Waals surface area contributed by atoms with E-state index in [0.717, 1.165) is 10.3 Å². The molecule has 3 heterocycles. The molecule has 3 rings (SSSR count). The van der Waals surface area contributed by atoms with Crippen LogP contribution in [0, 0.1) is 5.92 Å². The van der Waals surface area contributed by atoms with E-state index in [1.165, 1.54) is 11.3 Å². The van der Waals surface area contributed by atoms with Gasteiger partial charge in [0.15, 0.2) is 0 Å². The first-order valence-electron chi connectivity index (χ1n) is 6.24. The Hall–Kier alpha value is -2.15. The molecule has 2 aromatic rings. The Morgan fingerprint density at radius 3 is 3.00 bits per heavy atom. The first-order valence-corrected chi connectivity index (χ1v) is 7.12. The molecule has 1 fully saturated rings. The molecular formula is C13H13N3O3S. The van der Waals surface area contributed by atoms with Crippen molar-refractivity contribution in [2.45, 2.75) is 13.0 Å². The van der Waals surface area contributed by atoms with Crippen LogP contribution < -0.4 is 11.3 Å². The molecular weight excluding hydrogens is 278 g/mol. The fourth-order valence-corrected chi connectivity index (χ4v) is 3.49. The number of amides is 2. The fraction of sp³-hybridized carbons (Fsp3) is 0.308. The van der Waals surface area contributed by atoms with Gasteiger partial charge in [-0.3, -0.25) is 14.4 Å². The van der Waals surface area contributed by atoms with Crippen LogP contribution in [0.2, 0.25) is 0 Å². The zero-order valence-electron chi connectivity index (χ0n) is 10.6. The number of likely N-dealkylation sites (tertiary alicyclic amines) is 1. The molecule has 20 heavy (non-hydrogen) atoms. The molecule has 7 heteroatoms. The number of pyridine rings is 1. The SMILES string of the molecule is NC(=O)[C@@H]1CCN(Cc2csc3cc[nH]c(=O)c23)C1=O. The van der Waals surface area contributed by atoms with Crippen molar-refractivity contribution in [1.29, 1.82) is 0 Å². The number of thiophene rings is 1. The van der Waals surface area contributed by atoms with E-state index in [4.69, 9.17) is 5.73 Å². The highest BCUT2D eigenvalue weighted by Gasteiger charge is 2.35. The zero-order valence-corrected chi connectivity index (χ0v) is 11.4. The van der Waals surface area contributed by atoms with E-state index in [1.807, 2.05) is 11.4 Å². The smallest absolute Gasteiger partial charge is 0.257 e. The summed E-state index contributed by atoms with van der Waals surface area (Å²) in [6.45, 7) is 0.838. The van der Waals surface area contributed by atoms with Crippen molar-refractivity contribution in [3.8, 4) is 0 Å². The Morgan fingerprint density at radius 1 is 1.50 bits per heavy atom. The van der Waals surface area contributed by atoms with E-state index < -0.39 is 11.8 Å². The number of fused-ring (bicyclic) bond motifs is 1. The van der Waals surface area contributed by atoms with Crippen LogP contribution >= 0.6 is 11.3 Å². The maximum absolute atomic E-state index is 12.0. The minimum Gasteiger partial charge on any atom is -0.369 e. The summed E-state index contributed by atoms with van der Waals surface area (Å²) in [6.07, 6.45) is 2.06. The van der Waals surface area contributed by atoms with E-state index in [-0.39, 0.29) is 11.5 Å². The number of rotatable bonds is 3. The predicted octanol–water partition coefficient (Wildman–Crippen LogP) is 0.423. The predicted molar refractivity (Wildman–Crippen MR) is 75.2 cm³/mol. The highest BCUT2D eigenvalue weighted by molar-refractivity contribution is 7.17. The average molecular weight is 291 g/mol. The van der Waals surface area contributed by atoms with Gasteiger partial charge in [0.2, 0.25) is 11.8 Å². The first-order chi connectivity index (χ1) is 9.58. The monoisotopic (exact) mass is 291 g/mol. The molecule has 0 aliphatic carbocycles. The number of H-pyrrole nitrogens is 1. The molecule has 1 atom stereocenters. The molecule has 0 unspecified atom stereocenters. The largest absolute Gasteiger partial charge is 0.369 e. The molecule has 0 radical (unpaired) electrons. The number of hydrogen-bond donors (Lipinski definition) is 2. The van der Waals surface area contributed by atoms with Gasteiger partial charge in [-0.15, -0.1) is 11.3 Å². The molecule has 0 bridgehead atoms. The quantitative estimate of drug-likeness (QED) is 0.802. The second-order valence-electron chi connectivity index (χ2n) is 4.81. The van der Waals surface area contributed by atoms with Crippen LogP contribution in [-0.2, 0) is 16.1 Å². The van der Waals surface area contributed by atoms with Crippen LogP contribution in [0.25, 0.3) is 10.1 Å². The van der Waals surface area contributed by atoms with Gasteiger partial charge in [0.05, 0.1) is 5.39 Å². The number of nitrogens with two attached hydrogens (primary N) is 1. The number of aromatic nitrogens is 1. The lowest BCUT2D eigenvalue weighted by Gasteiger charge is -2.15. The van der Waals surface area contributed by atoms with Gasteiger partial charge >= 0.3 is 0 Å². The molecule has 104 valence electrons. The third-order valence-corrected chi connectivity index (χ3v) is 4.57. The highest BCUT2D eigenvalue weighted by atomic mass is 32.1. The topological polar surface area (TPSA) is 96.3 Å². The second-order valence-corrected chi connectivity index (χ2v) is 5.72. The van der Waals surface area contributed by atoms with Crippen molar-refractivity contribution in [3.63, 3.8) is 0 Å². The molecule has 1 aliphatic rings. The number of hydrogen-bond acceptors (Lipinski definition) is 4. The molecule has 0 saturated carbocycles. The fourth-order valence-electron chi connectivity index (χ4n) is 2.54. The molecule has 6 nitrogen and oxygen atoms in total. The standard InChI is InChI=1S/C13H13N3O3S/c14-11(17)8-2-4-16(13(8)19)5-7-6-20-9-1-3-15-12(18)10(7)9/h1,3,6,8H,2,4-5H2,(H2,14,17)(H,15,18)/t8-/m0/s1. The zero-order chi connectivity index (χ0) is 14.3. The van der Waals surface area contributed by atoms with E-state index in [0.29, 0.717) is 24.9 Å². The summed E-state index contributed by atoms with van der Waals surface area (Å²) in [5.74, 6) is -1.55. The third-order valence-electron chi connectivity index (χ3n) is 3.57. The normalized spacial score (nSPS) is 18.9. The van der Waals surface area contributed by atoms with Gasteiger partial charge in [0, 0.05) is 24.0 Å². The minimum absolute atomic E-state index is 0.156. The van der Waals surface area contributed by atoms with E-state index in [1.54, 1.807) is 11.1 Å². The van der Waals surface area contributed by atoms with E-state index >= 15 is 0 Å². The Morgan fingerprint density at radius 2 is 2.30 bits per heavy atom. The van der Waals surface area contributed by atoms with Crippen LogP contribution in [0.3, 0.4) is 0 Å². The van der Waals surface area contributed by atoms with Crippen molar-refractivity contribution in [2.24, 2.45) is 11.7 Å². The lowest BCUT2D eigenvalue weighted by atomic mass is 10.1.